The van der Waals surface area contributed by atoms with Gasteiger partial charge >= 0.3 is 6.18 Å². The first kappa shape index (κ1) is 19.6. The van der Waals surface area contributed by atoms with Gasteiger partial charge < -0.3 is 15.0 Å². The van der Waals surface area contributed by atoms with Crippen LogP contribution in [-0.2, 0) is 26.5 Å². The molecule has 1 fully saturated rings. The average molecular weight is 380 g/mol. The van der Waals surface area contributed by atoms with Crippen LogP contribution in [0.5, 0.6) is 0 Å². The Bertz CT molecular complexity index is 642. The molecule has 0 saturated carbocycles. The Hall–Kier alpha value is -1.75. The van der Waals surface area contributed by atoms with E-state index in [1.807, 2.05) is 0 Å². The number of hydrogen-bond acceptors (Lipinski definition) is 6. The molecule has 7 nitrogen and oxygen atoms in total. The summed E-state index contributed by atoms with van der Waals surface area (Å²) in [5, 5.41) is 2.44. The number of rotatable bonds is 6. The van der Waals surface area contributed by atoms with E-state index in [-0.39, 0.29) is 17.6 Å². The van der Waals surface area contributed by atoms with E-state index >= 15 is 0 Å². The first-order valence-electron chi connectivity index (χ1n) is 7.66. The number of amides is 1. The third-order valence-corrected chi connectivity index (χ3v) is 4.26. The second-order valence-corrected chi connectivity index (χ2v) is 6.66. The van der Waals surface area contributed by atoms with Gasteiger partial charge in [0.15, 0.2) is 0 Å². The summed E-state index contributed by atoms with van der Waals surface area (Å²) in [4.78, 5) is 20.6. The van der Waals surface area contributed by atoms with Crippen molar-refractivity contribution >= 4 is 22.5 Å². The lowest BCUT2D eigenvalue weighted by atomic mass is 10.3. The van der Waals surface area contributed by atoms with Crippen molar-refractivity contribution in [3.8, 4) is 0 Å². The lowest BCUT2D eigenvalue weighted by Gasteiger charge is -2.20. The number of alkyl halides is 3. The van der Waals surface area contributed by atoms with Crippen LogP contribution >= 0.6 is 0 Å². The van der Waals surface area contributed by atoms with Crippen molar-refractivity contribution in [3.05, 3.63) is 11.8 Å². The van der Waals surface area contributed by atoms with Crippen LogP contribution < -0.4 is 5.32 Å². The molecule has 1 atom stereocenters. The van der Waals surface area contributed by atoms with Crippen molar-refractivity contribution in [1.29, 1.82) is 0 Å². The van der Waals surface area contributed by atoms with Crippen LogP contribution in [0.3, 0.4) is 0 Å². The Kier molecular flexibility index (Phi) is 6.71. The molecule has 140 valence electrons. The number of anilines is 1. The van der Waals surface area contributed by atoms with Crippen molar-refractivity contribution in [2.75, 3.05) is 44.4 Å². The van der Waals surface area contributed by atoms with E-state index in [1.54, 1.807) is 4.90 Å². The fourth-order valence-electron chi connectivity index (χ4n) is 2.28. The maximum atomic E-state index is 13.0. The van der Waals surface area contributed by atoms with Gasteiger partial charge in [0, 0.05) is 32.1 Å². The highest BCUT2D eigenvalue weighted by Crippen LogP contribution is 2.33. The molecule has 25 heavy (non-hydrogen) atoms. The number of hydrogen-bond donors (Lipinski definition) is 1. The first-order valence-corrected chi connectivity index (χ1v) is 9.22. The highest BCUT2D eigenvalue weighted by atomic mass is 32.2. The number of ether oxygens (including phenoxy) is 1. The Morgan fingerprint density at radius 2 is 2.16 bits per heavy atom. The summed E-state index contributed by atoms with van der Waals surface area (Å²) in [7, 11) is -1.59. The van der Waals surface area contributed by atoms with Gasteiger partial charge in [0.1, 0.15) is 11.4 Å². The molecule has 1 aromatic heterocycles. The smallest absolute Gasteiger partial charge is 0.379 e. The largest absolute Gasteiger partial charge is 0.421 e. The molecular formula is C14H19F3N4O3S. The van der Waals surface area contributed by atoms with Crippen molar-refractivity contribution in [2.24, 2.45) is 0 Å². The first-order chi connectivity index (χ1) is 11.8. The zero-order chi connectivity index (χ0) is 18.4. The SMILES string of the molecule is CS(=O)c1ncc(C(F)(F)F)c(NCCCN2CCOCCC2=O)n1. The minimum atomic E-state index is -4.62. The summed E-state index contributed by atoms with van der Waals surface area (Å²) in [6, 6.07) is 0. The summed E-state index contributed by atoms with van der Waals surface area (Å²) in [6.07, 6.45) is -1.95. The molecule has 1 saturated heterocycles. The van der Waals surface area contributed by atoms with E-state index in [0.717, 1.165) is 0 Å². The molecule has 0 aromatic carbocycles. The molecule has 11 heteroatoms. The Morgan fingerprint density at radius 3 is 2.84 bits per heavy atom. The average Bonchev–Trinajstić information content (AvgIpc) is 2.75. The van der Waals surface area contributed by atoms with Crippen LogP contribution in [0, 0.1) is 0 Å². The molecule has 0 aliphatic carbocycles. The van der Waals surface area contributed by atoms with E-state index in [2.05, 4.69) is 15.3 Å². The van der Waals surface area contributed by atoms with Crippen LogP contribution in [0.1, 0.15) is 18.4 Å². The molecule has 2 rings (SSSR count). The van der Waals surface area contributed by atoms with Crippen molar-refractivity contribution < 1.29 is 26.9 Å². The monoisotopic (exact) mass is 380 g/mol. The molecule has 1 aromatic rings. The predicted octanol–water partition coefficient (Wildman–Crippen LogP) is 1.28. The second kappa shape index (κ2) is 8.56. The topological polar surface area (TPSA) is 84.4 Å². The Morgan fingerprint density at radius 1 is 1.40 bits per heavy atom. The number of nitrogens with one attached hydrogen (secondary N) is 1. The summed E-state index contributed by atoms with van der Waals surface area (Å²) in [6.45, 7) is 1.91. The van der Waals surface area contributed by atoms with Gasteiger partial charge in [-0.3, -0.25) is 9.00 Å². The number of aromatic nitrogens is 2. The van der Waals surface area contributed by atoms with E-state index in [1.165, 1.54) is 6.26 Å². The molecular weight excluding hydrogens is 361 g/mol. The van der Waals surface area contributed by atoms with E-state index < -0.39 is 28.4 Å². The summed E-state index contributed by atoms with van der Waals surface area (Å²) >= 11 is 0. The zero-order valence-electron chi connectivity index (χ0n) is 13.6. The molecule has 1 aliphatic rings. The third kappa shape index (κ3) is 5.63. The summed E-state index contributed by atoms with van der Waals surface area (Å²) < 4.78 is 55.6. The summed E-state index contributed by atoms with van der Waals surface area (Å²) in [5.74, 6) is -0.433. The molecule has 0 spiro atoms. The van der Waals surface area contributed by atoms with Gasteiger partial charge in [-0.15, -0.1) is 0 Å². The molecule has 1 aliphatic heterocycles. The second-order valence-electron chi connectivity index (χ2n) is 5.39. The number of halogens is 3. The molecule has 1 amide bonds. The summed E-state index contributed by atoms with van der Waals surface area (Å²) in [5.41, 5.74) is -1.01. The molecule has 1 N–H and O–H groups in total. The molecule has 2 heterocycles. The fraction of sp³-hybridized carbons (Fsp3) is 0.643. The van der Waals surface area contributed by atoms with Crippen LogP contribution in [0.15, 0.2) is 11.4 Å². The van der Waals surface area contributed by atoms with Crippen molar-refractivity contribution in [2.45, 2.75) is 24.2 Å². The van der Waals surface area contributed by atoms with Crippen LogP contribution in [0.4, 0.5) is 19.0 Å². The quantitative estimate of drug-likeness (QED) is 0.591. The van der Waals surface area contributed by atoms with Crippen LogP contribution in [-0.4, -0.2) is 64.1 Å². The molecule has 0 radical (unpaired) electrons. The minimum Gasteiger partial charge on any atom is -0.379 e. The number of carbonyl (C=O) groups is 1. The fourth-order valence-corrected chi connectivity index (χ4v) is 2.70. The van der Waals surface area contributed by atoms with Gasteiger partial charge in [0.05, 0.1) is 30.4 Å². The lowest BCUT2D eigenvalue weighted by molar-refractivity contribution is -0.137. The van der Waals surface area contributed by atoms with E-state index in [4.69, 9.17) is 4.74 Å². The maximum absolute atomic E-state index is 13.0. The Balaban J connectivity index is 1.98. The van der Waals surface area contributed by atoms with Crippen molar-refractivity contribution in [3.63, 3.8) is 0 Å². The van der Waals surface area contributed by atoms with E-state index in [9.17, 15) is 22.2 Å². The maximum Gasteiger partial charge on any atom is 0.421 e. The molecule has 0 bridgehead atoms. The van der Waals surface area contributed by atoms with Gasteiger partial charge in [-0.05, 0) is 6.42 Å². The zero-order valence-corrected chi connectivity index (χ0v) is 14.5. The normalized spacial score (nSPS) is 17.3. The van der Waals surface area contributed by atoms with Gasteiger partial charge in [0.2, 0.25) is 11.1 Å². The van der Waals surface area contributed by atoms with Gasteiger partial charge in [-0.1, -0.05) is 0 Å². The van der Waals surface area contributed by atoms with Gasteiger partial charge in [0.25, 0.3) is 0 Å². The Labute approximate surface area is 145 Å². The van der Waals surface area contributed by atoms with Crippen molar-refractivity contribution in [1.82, 2.24) is 14.9 Å². The minimum absolute atomic E-state index is 0.0285. The lowest BCUT2D eigenvalue weighted by Crippen LogP contribution is -2.33. The molecule has 1 unspecified atom stereocenters. The van der Waals surface area contributed by atoms with E-state index in [0.29, 0.717) is 45.3 Å². The van der Waals surface area contributed by atoms with Gasteiger partial charge in [-0.2, -0.15) is 13.2 Å². The van der Waals surface area contributed by atoms with Crippen LogP contribution in [0.25, 0.3) is 0 Å². The number of carbonyl (C=O) groups excluding carboxylic acids is 1. The highest BCUT2D eigenvalue weighted by Gasteiger charge is 2.35. The third-order valence-electron chi connectivity index (χ3n) is 3.54. The standard InChI is InChI=1S/C14H19F3N4O3S/c1-25(23)13-19-9-10(14(15,16)17)12(20-13)18-4-2-5-21-6-8-24-7-3-11(21)22/h9H,2-8H2,1H3,(H,18,19,20). The highest BCUT2D eigenvalue weighted by molar-refractivity contribution is 7.84. The predicted molar refractivity (Wildman–Crippen MR) is 84.5 cm³/mol. The van der Waals surface area contributed by atoms with Crippen LogP contribution in [0.2, 0.25) is 0 Å². The number of nitrogens with zero attached hydrogens (tertiary/aromatic N) is 3. The van der Waals surface area contributed by atoms with Gasteiger partial charge in [-0.25, -0.2) is 9.97 Å².